The maximum absolute atomic E-state index is 14.5. The second kappa shape index (κ2) is 8.03. The highest BCUT2D eigenvalue weighted by atomic mass is 35.5. The maximum atomic E-state index is 14.5. The predicted molar refractivity (Wildman–Crippen MR) is 120 cm³/mol. The number of thiazole rings is 1. The standard InChI is InChI=1S/C23H14ClF3N4S/c1-11-19(23-30-17-4-2-3-5-18(17)32-23)20(14-7-6-12(25)8-15(14)24)31-22(29-11)21-16(27)9-13(26)10-28-21/h2-10,20H,1H3,(H,29,31). The molecule has 0 aliphatic carbocycles. The molecule has 1 unspecified atom stereocenters. The van der Waals surface area contributed by atoms with Gasteiger partial charge < -0.3 is 5.32 Å². The smallest absolute Gasteiger partial charge is 0.155 e. The monoisotopic (exact) mass is 470 g/mol. The van der Waals surface area contributed by atoms with Crippen molar-refractivity contribution < 1.29 is 13.2 Å². The van der Waals surface area contributed by atoms with Gasteiger partial charge in [0.2, 0.25) is 0 Å². The molecule has 1 aliphatic heterocycles. The topological polar surface area (TPSA) is 50.2 Å². The van der Waals surface area contributed by atoms with Crippen molar-refractivity contribution >= 4 is 44.6 Å². The van der Waals surface area contributed by atoms with Crippen molar-refractivity contribution in [2.45, 2.75) is 13.0 Å². The second-order valence-corrected chi connectivity index (χ2v) is 8.62. The van der Waals surface area contributed by atoms with E-state index in [2.05, 4.69) is 15.3 Å². The van der Waals surface area contributed by atoms with E-state index < -0.39 is 23.5 Å². The van der Waals surface area contributed by atoms with Crippen LogP contribution in [0.15, 0.2) is 65.4 Å². The van der Waals surface area contributed by atoms with Crippen LogP contribution in [0.4, 0.5) is 13.2 Å². The average molecular weight is 471 g/mol. The van der Waals surface area contributed by atoms with Crippen LogP contribution in [0.25, 0.3) is 15.8 Å². The summed E-state index contributed by atoms with van der Waals surface area (Å²) in [6, 6.07) is 11.8. The van der Waals surface area contributed by atoms with E-state index in [1.807, 2.05) is 31.2 Å². The van der Waals surface area contributed by atoms with Crippen molar-refractivity contribution in [1.29, 1.82) is 0 Å². The number of halogens is 4. The number of allylic oxidation sites excluding steroid dienone is 1. The summed E-state index contributed by atoms with van der Waals surface area (Å²) in [5, 5.41) is 3.96. The molecule has 0 saturated heterocycles. The Labute approximate surface area is 190 Å². The van der Waals surface area contributed by atoms with Gasteiger partial charge in [-0.05, 0) is 31.2 Å². The number of benzene rings is 2. The molecule has 0 bridgehead atoms. The van der Waals surface area contributed by atoms with Gasteiger partial charge in [0.1, 0.15) is 28.4 Å². The van der Waals surface area contributed by atoms with E-state index in [1.165, 1.54) is 23.5 Å². The van der Waals surface area contributed by atoms with Crippen LogP contribution in [0.5, 0.6) is 0 Å². The molecule has 1 aliphatic rings. The minimum absolute atomic E-state index is 0.121. The Morgan fingerprint density at radius 3 is 2.59 bits per heavy atom. The first-order valence-corrected chi connectivity index (χ1v) is 10.8. The summed E-state index contributed by atoms with van der Waals surface area (Å²) in [6.45, 7) is 1.81. The third-order valence-corrected chi connectivity index (χ3v) is 6.45. The number of nitrogens with one attached hydrogen (secondary N) is 1. The number of nitrogens with zero attached hydrogens (tertiary/aromatic N) is 3. The lowest BCUT2D eigenvalue weighted by atomic mass is 9.96. The highest BCUT2D eigenvalue weighted by molar-refractivity contribution is 7.19. The quantitative estimate of drug-likeness (QED) is 0.383. The molecule has 160 valence electrons. The van der Waals surface area contributed by atoms with Crippen LogP contribution in [0.1, 0.15) is 29.2 Å². The number of aliphatic imine (C=N–C) groups is 1. The van der Waals surface area contributed by atoms with E-state index in [-0.39, 0.29) is 16.6 Å². The lowest BCUT2D eigenvalue weighted by Crippen LogP contribution is -2.31. The van der Waals surface area contributed by atoms with Crippen LogP contribution in [0, 0.1) is 17.5 Å². The minimum atomic E-state index is -0.851. The molecule has 0 saturated carbocycles. The second-order valence-electron chi connectivity index (χ2n) is 7.18. The Kier molecular flexibility index (Phi) is 5.19. The van der Waals surface area contributed by atoms with E-state index in [9.17, 15) is 13.2 Å². The average Bonchev–Trinajstić information content (AvgIpc) is 3.17. The lowest BCUT2D eigenvalue weighted by molar-refractivity contribution is 0.570. The summed E-state index contributed by atoms with van der Waals surface area (Å²) in [7, 11) is 0. The molecular formula is C23H14ClF3N4S. The Hall–Kier alpha value is -3.23. The van der Waals surface area contributed by atoms with E-state index in [1.54, 1.807) is 6.07 Å². The first-order chi connectivity index (χ1) is 15.4. The summed E-state index contributed by atoms with van der Waals surface area (Å²) in [5.41, 5.74) is 2.62. The molecule has 1 atom stereocenters. The molecule has 32 heavy (non-hydrogen) atoms. The first kappa shape index (κ1) is 20.7. The predicted octanol–water partition coefficient (Wildman–Crippen LogP) is 6.28. The van der Waals surface area contributed by atoms with Crippen molar-refractivity contribution in [3.05, 3.63) is 99.2 Å². The highest BCUT2D eigenvalue weighted by Crippen LogP contribution is 2.43. The number of fused-ring (bicyclic) bond motifs is 1. The molecule has 0 radical (unpaired) electrons. The van der Waals surface area contributed by atoms with Crippen molar-refractivity contribution in [3.8, 4) is 0 Å². The fourth-order valence-electron chi connectivity index (χ4n) is 3.60. The maximum Gasteiger partial charge on any atom is 0.155 e. The fourth-order valence-corrected chi connectivity index (χ4v) is 4.96. The third-order valence-electron chi connectivity index (χ3n) is 5.06. The minimum Gasteiger partial charge on any atom is -0.342 e. The number of para-hydroxylation sites is 1. The molecule has 2 aromatic carbocycles. The zero-order valence-corrected chi connectivity index (χ0v) is 18.1. The highest BCUT2D eigenvalue weighted by Gasteiger charge is 2.31. The van der Waals surface area contributed by atoms with E-state index in [0.29, 0.717) is 16.3 Å². The Balaban J connectivity index is 1.70. The van der Waals surface area contributed by atoms with Crippen molar-refractivity contribution in [2.75, 3.05) is 0 Å². The molecule has 0 fully saturated rings. The number of hydrogen-bond donors (Lipinski definition) is 1. The van der Waals surface area contributed by atoms with Crippen molar-refractivity contribution in [3.63, 3.8) is 0 Å². The van der Waals surface area contributed by atoms with Gasteiger partial charge in [-0.25, -0.2) is 23.1 Å². The molecule has 2 aromatic heterocycles. The van der Waals surface area contributed by atoms with Gasteiger partial charge in [-0.3, -0.25) is 4.99 Å². The summed E-state index contributed by atoms with van der Waals surface area (Å²) in [6.07, 6.45) is 0.921. The number of pyridine rings is 1. The van der Waals surface area contributed by atoms with Gasteiger partial charge in [-0.15, -0.1) is 11.3 Å². The normalized spacial score (nSPS) is 16.3. The molecule has 4 nitrogen and oxygen atoms in total. The van der Waals surface area contributed by atoms with E-state index in [4.69, 9.17) is 16.6 Å². The van der Waals surface area contributed by atoms with E-state index in [0.717, 1.165) is 28.1 Å². The Morgan fingerprint density at radius 1 is 1.03 bits per heavy atom. The van der Waals surface area contributed by atoms with Crippen LogP contribution < -0.4 is 5.32 Å². The van der Waals surface area contributed by atoms with Crippen LogP contribution in [-0.4, -0.2) is 15.8 Å². The molecule has 0 spiro atoms. The zero-order valence-electron chi connectivity index (χ0n) is 16.5. The van der Waals surface area contributed by atoms with Gasteiger partial charge in [0.25, 0.3) is 0 Å². The number of rotatable bonds is 3. The number of aromatic nitrogens is 2. The Morgan fingerprint density at radius 2 is 1.84 bits per heavy atom. The molecule has 4 aromatic rings. The molecule has 0 amide bonds. The summed E-state index contributed by atoms with van der Waals surface area (Å²) >= 11 is 7.86. The largest absolute Gasteiger partial charge is 0.342 e. The van der Waals surface area contributed by atoms with Crippen LogP contribution in [0.2, 0.25) is 5.02 Å². The van der Waals surface area contributed by atoms with Gasteiger partial charge in [0.15, 0.2) is 11.7 Å². The lowest BCUT2D eigenvalue weighted by Gasteiger charge is -2.26. The Bertz CT molecular complexity index is 1400. The number of hydrogen-bond acceptors (Lipinski definition) is 5. The van der Waals surface area contributed by atoms with Crippen molar-refractivity contribution in [1.82, 2.24) is 15.3 Å². The van der Waals surface area contributed by atoms with Gasteiger partial charge in [-0.1, -0.05) is 29.8 Å². The molecule has 1 N–H and O–H groups in total. The summed E-state index contributed by atoms with van der Waals surface area (Å²) < 4.78 is 42.6. The zero-order chi connectivity index (χ0) is 22.4. The summed E-state index contributed by atoms with van der Waals surface area (Å²) in [5.74, 6) is -2.00. The van der Waals surface area contributed by atoms with Gasteiger partial charge in [0, 0.05) is 27.9 Å². The van der Waals surface area contributed by atoms with Crippen LogP contribution in [-0.2, 0) is 0 Å². The van der Waals surface area contributed by atoms with Gasteiger partial charge in [0.05, 0.1) is 16.4 Å². The summed E-state index contributed by atoms with van der Waals surface area (Å²) in [4.78, 5) is 13.3. The molecule has 9 heteroatoms. The first-order valence-electron chi connectivity index (χ1n) is 9.58. The van der Waals surface area contributed by atoms with Crippen LogP contribution in [0.3, 0.4) is 0 Å². The molecule has 5 rings (SSSR count). The third kappa shape index (κ3) is 3.65. The van der Waals surface area contributed by atoms with Crippen LogP contribution >= 0.6 is 22.9 Å². The number of amidine groups is 1. The fraction of sp³-hybridized carbons (Fsp3) is 0.0870. The molecular weight excluding hydrogens is 457 g/mol. The van der Waals surface area contributed by atoms with E-state index >= 15 is 0 Å². The molecule has 3 heterocycles. The van der Waals surface area contributed by atoms with Gasteiger partial charge in [-0.2, -0.15) is 0 Å². The van der Waals surface area contributed by atoms with Gasteiger partial charge >= 0.3 is 0 Å². The van der Waals surface area contributed by atoms with Crippen molar-refractivity contribution in [2.24, 2.45) is 4.99 Å². The SMILES string of the molecule is CC1=C(c2nc3ccccc3s2)C(c2ccc(F)cc2Cl)N=C(c2ncc(F)cc2F)N1.